The second kappa shape index (κ2) is 8.47. The van der Waals surface area contributed by atoms with Crippen LogP contribution in [0.3, 0.4) is 0 Å². The number of hydrogen-bond acceptors (Lipinski definition) is 4. The first-order valence-electron chi connectivity index (χ1n) is 10.7. The standard InChI is InChI=1S/C23H31FN4O2/c1-17(2)28-14-21(25-16-28)20-13-26(12-18-5-4-6-19(24)11-18)15-23(20)7-8-27(22(23)29)9-10-30-3/h4-6,11,14,16-17,20H,7-10,12-13,15H2,1-3H3/t20-,23+/m1/s1. The van der Waals surface area contributed by atoms with E-state index in [9.17, 15) is 9.18 Å². The summed E-state index contributed by atoms with van der Waals surface area (Å²) in [4.78, 5) is 22.5. The van der Waals surface area contributed by atoms with Crippen molar-refractivity contribution in [2.24, 2.45) is 5.41 Å². The Morgan fingerprint density at radius 3 is 2.90 bits per heavy atom. The van der Waals surface area contributed by atoms with Crippen LogP contribution in [0.25, 0.3) is 0 Å². The maximum atomic E-state index is 13.7. The molecular weight excluding hydrogens is 383 g/mol. The molecule has 3 heterocycles. The Balaban J connectivity index is 1.61. The third kappa shape index (κ3) is 3.88. The molecule has 7 heteroatoms. The zero-order valence-electron chi connectivity index (χ0n) is 18.1. The summed E-state index contributed by atoms with van der Waals surface area (Å²) in [6, 6.07) is 7.05. The van der Waals surface area contributed by atoms with Crippen LogP contribution >= 0.6 is 0 Å². The van der Waals surface area contributed by atoms with Gasteiger partial charge in [0.05, 0.1) is 24.0 Å². The minimum atomic E-state index is -0.475. The van der Waals surface area contributed by atoms with E-state index in [0.717, 1.165) is 30.8 Å². The first kappa shape index (κ1) is 21.0. The van der Waals surface area contributed by atoms with Crippen molar-refractivity contribution in [1.29, 1.82) is 0 Å². The lowest BCUT2D eigenvalue weighted by atomic mass is 9.75. The van der Waals surface area contributed by atoms with Gasteiger partial charge in [-0.25, -0.2) is 9.37 Å². The molecule has 2 saturated heterocycles. The summed E-state index contributed by atoms with van der Waals surface area (Å²) in [5.74, 6) is 0.00723. The lowest BCUT2D eigenvalue weighted by Gasteiger charge is -2.28. The second-order valence-corrected chi connectivity index (χ2v) is 8.88. The maximum Gasteiger partial charge on any atom is 0.230 e. The molecule has 0 saturated carbocycles. The van der Waals surface area contributed by atoms with Crippen LogP contribution in [0, 0.1) is 11.2 Å². The molecule has 2 aliphatic rings. The molecule has 0 aliphatic carbocycles. The molecule has 162 valence electrons. The second-order valence-electron chi connectivity index (χ2n) is 8.88. The predicted molar refractivity (Wildman–Crippen MR) is 113 cm³/mol. The van der Waals surface area contributed by atoms with Crippen molar-refractivity contribution in [1.82, 2.24) is 19.4 Å². The van der Waals surface area contributed by atoms with Gasteiger partial charge in [0.25, 0.3) is 0 Å². The fourth-order valence-electron chi connectivity index (χ4n) is 4.95. The van der Waals surface area contributed by atoms with Gasteiger partial charge in [0.2, 0.25) is 5.91 Å². The van der Waals surface area contributed by atoms with Crippen LogP contribution in [-0.2, 0) is 16.1 Å². The number of halogens is 1. The van der Waals surface area contributed by atoms with Crippen molar-refractivity contribution in [2.75, 3.05) is 39.9 Å². The van der Waals surface area contributed by atoms with Crippen molar-refractivity contribution in [3.63, 3.8) is 0 Å². The highest BCUT2D eigenvalue weighted by atomic mass is 19.1. The third-order valence-corrected chi connectivity index (χ3v) is 6.59. The Kier molecular flexibility index (Phi) is 5.93. The van der Waals surface area contributed by atoms with Crippen LogP contribution in [0.2, 0.25) is 0 Å². The number of aromatic nitrogens is 2. The number of benzene rings is 1. The zero-order chi connectivity index (χ0) is 21.3. The van der Waals surface area contributed by atoms with Crippen molar-refractivity contribution in [3.05, 3.63) is 53.9 Å². The quantitative estimate of drug-likeness (QED) is 0.699. The third-order valence-electron chi connectivity index (χ3n) is 6.59. The molecular formula is C23H31FN4O2. The van der Waals surface area contributed by atoms with Crippen LogP contribution in [-0.4, -0.2) is 65.2 Å². The molecule has 1 aromatic heterocycles. The highest BCUT2D eigenvalue weighted by Crippen LogP contribution is 2.49. The molecule has 30 heavy (non-hydrogen) atoms. The molecule has 2 aliphatic heterocycles. The summed E-state index contributed by atoms with van der Waals surface area (Å²) in [6.45, 7) is 8.21. The van der Waals surface area contributed by atoms with Crippen molar-refractivity contribution in [3.8, 4) is 0 Å². The molecule has 0 bridgehead atoms. The van der Waals surface area contributed by atoms with Gasteiger partial charge >= 0.3 is 0 Å². The summed E-state index contributed by atoms with van der Waals surface area (Å²) in [5.41, 5.74) is 1.43. The van der Waals surface area contributed by atoms with E-state index in [0.29, 0.717) is 32.3 Å². The summed E-state index contributed by atoms with van der Waals surface area (Å²) in [5, 5.41) is 0. The van der Waals surface area contributed by atoms with Crippen LogP contribution < -0.4 is 0 Å². The zero-order valence-corrected chi connectivity index (χ0v) is 18.1. The first-order chi connectivity index (χ1) is 14.4. The number of nitrogens with zero attached hydrogens (tertiary/aromatic N) is 4. The minimum Gasteiger partial charge on any atom is -0.383 e. The van der Waals surface area contributed by atoms with Gasteiger partial charge in [-0.15, -0.1) is 0 Å². The van der Waals surface area contributed by atoms with Gasteiger partial charge in [0.1, 0.15) is 5.82 Å². The monoisotopic (exact) mass is 414 g/mol. The van der Waals surface area contributed by atoms with E-state index < -0.39 is 5.41 Å². The Morgan fingerprint density at radius 1 is 1.37 bits per heavy atom. The van der Waals surface area contributed by atoms with Gasteiger partial charge in [-0.2, -0.15) is 0 Å². The number of rotatable bonds is 7. The van der Waals surface area contributed by atoms with Gasteiger partial charge in [-0.3, -0.25) is 9.69 Å². The summed E-state index contributed by atoms with van der Waals surface area (Å²) >= 11 is 0. The van der Waals surface area contributed by atoms with Gasteiger partial charge in [0.15, 0.2) is 0 Å². The highest BCUT2D eigenvalue weighted by molar-refractivity contribution is 5.86. The summed E-state index contributed by atoms with van der Waals surface area (Å²) < 4.78 is 21.0. The van der Waals surface area contributed by atoms with Gasteiger partial charge < -0.3 is 14.2 Å². The molecule has 0 unspecified atom stereocenters. The van der Waals surface area contributed by atoms with E-state index in [2.05, 4.69) is 29.5 Å². The van der Waals surface area contributed by atoms with Gasteiger partial charge in [-0.05, 0) is 38.0 Å². The molecule has 1 aromatic carbocycles. The van der Waals surface area contributed by atoms with Crippen LogP contribution in [0.5, 0.6) is 0 Å². The summed E-state index contributed by atoms with van der Waals surface area (Å²) in [6.07, 6.45) is 4.77. The molecule has 0 radical (unpaired) electrons. The van der Waals surface area contributed by atoms with E-state index in [1.165, 1.54) is 6.07 Å². The largest absolute Gasteiger partial charge is 0.383 e. The number of carbonyl (C=O) groups excluding carboxylic acids is 1. The number of amides is 1. The van der Waals surface area contributed by atoms with E-state index in [1.807, 2.05) is 17.3 Å². The van der Waals surface area contributed by atoms with Crippen molar-refractivity contribution in [2.45, 2.75) is 38.8 Å². The van der Waals surface area contributed by atoms with E-state index >= 15 is 0 Å². The maximum absolute atomic E-state index is 13.7. The fraction of sp³-hybridized carbons (Fsp3) is 0.565. The molecule has 2 fully saturated rings. The Morgan fingerprint density at radius 2 is 2.20 bits per heavy atom. The van der Waals surface area contributed by atoms with Crippen molar-refractivity contribution >= 4 is 5.91 Å². The highest BCUT2D eigenvalue weighted by Gasteiger charge is 2.57. The number of likely N-dealkylation sites (tertiary alicyclic amines) is 2. The van der Waals surface area contributed by atoms with Crippen LogP contribution in [0.15, 0.2) is 36.8 Å². The van der Waals surface area contributed by atoms with Gasteiger partial charge in [-0.1, -0.05) is 12.1 Å². The lowest BCUT2D eigenvalue weighted by molar-refractivity contribution is -0.136. The molecule has 0 N–H and O–H groups in total. The summed E-state index contributed by atoms with van der Waals surface area (Å²) in [7, 11) is 1.66. The van der Waals surface area contributed by atoms with Crippen LogP contribution in [0.1, 0.15) is 43.5 Å². The topological polar surface area (TPSA) is 50.6 Å². The van der Waals surface area contributed by atoms with E-state index in [1.54, 1.807) is 19.2 Å². The Hall–Kier alpha value is -2.25. The van der Waals surface area contributed by atoms with E-state index in [4.69, 9.17) is 9.72 Å². The average molecular weight is 415 g/mol. The normalized spacial score (nSPS) is 24.6. The SMILES string of the molecule is COCCN1CC[C@@]2(CN(Cc3cccc(F)c3)C[C@@H]2c2cn(C(C)C)cn2)C1=O. The molecule has 6 nitrogen and oxygen atoms in total. The molecule has 2 atom stereocenters. The number of carbonyl (C=O) groups is 1. The number of methoxy groups -OCH3 is 1. The fourth-order valence-corrected chi connectivity index (χ4v) is 4.95. The van der Waals surface area contributed by atoms with Crippen LogP contribution in [0.4, 0.5) is 4.39 Å². The number of hydrogen-bond donors (Lipinski definition) is 0. The Labute approximate surface area is 177 Å². The number of imidazole rings is 1. The first-order valence-corrected chi connectivity index (χ1v) is 10.7. The molecule has 1 spiro atoms. The smallest absolute Gasteiger partial charge is 0.230 e. The van der Waals surface area contributed by atoms with E-state index in [-0.39, 0.29) is 17.6 Å². The average Bonchev–Trinajstić information content (AvgIpc) is 3.40. The number of ether oxygens (including phenoxy) is 1. The molecule has 2 aromatic rings. The van der Waals surface area contributed by atoms with Gasteiger partial charge in [0, 0.05) is 58.0 Å². The minimum absolute atomic E-state index is 0.0334. The molecule has 1 amide bonds. The Bertz CT molecular complexity index is 899. The lowest BCUT2D eigenvalue weighted by Crippen LogP contribution is -2.40. The predicted octanol–water partition coefficient (Wildman–Crippen LogP) is 3.07. The van der Waals surface area contributed by atoms with Crippen molar-refractivity contribution < 1.29 is 13.9 Å². The molecule has 4 rings (SSSR count).